The fourth-order valence-electron chi connectivity index (χ4n) is 2.00. The van der Waals surface area contributed by atoms with Gasteiger partial charge in [0.1, 0.15) is 5.78 Å². The summed E-state index contributed by atoms with van der Waals surface area (Å²) >= 11 is 3.23. The standard InChI is InChI=1S/C10H17BrO/c1-2-8-3-5-9(6-4-8)10(12)7-11/h8-9H,2-7H2,1H3. The second kappa shape index (κ2) is 5.00. The van der Waals surface area contributed by atoms with E-state index in [1.165, 1.54) is 19.3 Å². The third-order valence-corrected chi connectivity index (χ3v) is 3.56. The molecule has 0 radical (unpaired) electrons. The molecule has 0 amide bonds. The van der Waals surface area contributed by atoms with Crippen molar-refractivity contribution < 1.29 is 4.79 Å². The van der Waals surface area contributed by atoms with E-state index in [9.17, 15) is 4.79 Å². The zero-order valence-electron chi connectivity index (χ0n) is 7.68. The molecular weight excluding hydrogens is 216 g/mol. The number of halogens is 1. The molecule has 1 saturated carbocycles. The lowest BCUT2D eigenvalue weighted by Gasteiger charge is -2.26. The molecule has 12 heavy (non-hydrogen) atoms. The normalized spacial score (nSPS) is 30.2. The van der Waals surface area contributed by atoms with Crippen LogP contribution in [-0.4, -0.2) is 11.1 Å². The number of hydrogen-bond acceptors (Lipinski definition) is 1. The summed E-state index contributed by atoms with van der Waals surface area (Å²) in [5, 5.41) is 0.550. The third-order valence-electron chi connectivity index (χ3n) is 3.01. The molecule has 1 fully saturated rings. The van der Waals surface area contributed by atoms with Gasteiger partial charge in [-0.05, 0) is 31.6 Å². The van der Waals surface area contributed by atoms with Crippen LogP contribution in [0.3, 0.4) is 0 Å². The van der Waals surface area contributed by atoms with Crippen molar-refractivity contribution in [2.45, 2.75) is 39.0 Å². The van der Waals surface area contributed by atoms with Crippen LogP contribution in [0, 0.1) is 11.8 Å². The van der Waals surface area contributed by atoms with Crippen LogP contribution < -0.4 is 0 Å². The predicted octanol–water partition coefficient (Wildman–Crippen LogP) is 3.17. The van der Waals surface area contributed by atoms with Crippen LogP contribution >= 0.6 is 15.9 Å². The van der Waals surface area contributed by atoms with Crippen LogP contribution in [0.25, 0.3) is 0 Å². The number of carbonyl (C=O) groups excluding carboxylic acids is 1. The maximum atomic E-state index is 11.3. The van der Waals surface area contributed by atoms with E-state index in [1.807, 2.05) is 0 Å². The van der Waals surface area contributed by atoms with E-state index in [0.29, 0.717) is 17.0 Å². The van der Waals surface area contributed by atoms with Crippen LogP contribution in [0.15, 0.2) is 0 Å². The molecule has 0 spiro atoms. The molecule has 1 rings (SSSR count). The monoisotopic (exact) mass is 232 g/mol. The van der Waals surface area contributed by atoms with Crippen LogP contribution in [0.1, 0.15) is 39.0 Å². The predicted molar refractivity (Wildman–Crippen MR) is 54.5 cm³/mol. The molecule has 0 aromatic carbocycles. The van der Waals surface area contributed by atoms with Crippen molar-refractivity contribution in [3.63, 3.8) is 0 Å². The van der Waals surface area contributed by atoms with Crippen molar-refractivity contribution in [3.05, 3.63) is 0 Å². The summed E-state index contributed by atoms with van der Waals surface area (Å²) in [6.07, 6.45) is 6.07. The topological polar surface area (TPSA) is 17.1 Å². The Balaban J connectivity index is 2.30. The summed E-state index contributed by atoms with van der Waals surface area (Å²) in [6.45, 7) is 2.25. The molecule has 70 valence electrons. The zero-order chi connectivity index (χ0) is 8.97. The molecule has 0 aliphatic heterocycles. The van der Waals surface area contributed by atoms with E-state index in [4.69, 9.17) is 0 Å². The van der Waals surface area contributed by atoms with Crippen molar-refractivity contribution in [2.24, 2.45) is 11.8 Å². The lowest BCUT2D eigenvalue weighted by molar-refractivity contribution is -0.121. The Morgan fingerprint density at radius 3 is 2.33 bits per heavy atom. The molecule has 1 aliphatic rings. The summed E-state index contributed by atoms with van der Waals surface area (Å²) in [7, 11) is 0. The van der Waals surface area contributed by atoms with Gasteiger partial charge in [-0.3, -0.25) is 4.79 Å². The summed E-state index contributed by atoms with van der Waals surface area (Å²) in [6, 6.07) is 0. The second-order valence-electron chi connectivity index (χ2n) is 3.73. The average molecular weight is 233 g/mol. The van der Waals surface area contributed by atoms with Crippen molar-refractivity contribution in [1.29, 1.82) is 0 Å². The van der Waals surface area contributed by atoms with Gasteiger partial charge >= 0.3 is 0 Å². The van der Waals surface area contributed by atoms with Gasteiger partial charge in [0.05, 0.1) is 5.33 Å². The third kappa shape index (κ3) is 2.58. The molecule has 0 saturated heterocycles. The first-order valence-corrected chi connectivity index (χ1v) is 5.98. The molecule has 0 unspecified atom stereocenters. The van der Waals surface area contributed by atoms with Crippen molar-refractivity contribution in [3.8, 4) is 0 Å². The van der Waals surface area contributed by atoms with Crippen molar-refractivity contribution >= 4 is 21.7 Å². The first kappa shape index (κ1) is 10.2. The van der Waals surface area contributed by atoms with Gasteiger partial charge in [0.25, 0.3) is 0 Å². The Morgan fingerprint density at radius 2 is 1.92 bits per heavy atom. The summed E-state index contributed by atoms with van der Waals surface area (Å²) in [5.74, 6) is 1.67. The Hall–Kier alpha value is 0.150. The van der Waals surface area contributed by atoms with E-state index in [0.717, 1.165) is 18.8 Å². The first-order chi connectivity index (χ1) is 5.77. The lowest BCUT2D eigenvalue weighted by Crippen LogP contribution is -2.22. The lowest BCUT2D eigenvalue weighted by atomic mass is 9.79. The maximum absolute atomic E-state index is 11.3. The first-order valence-electron chi connectivity index (χ1n) is 4.86. The highest BCUT2D eigenvalue weighted by atomic mass is 79.9. The minimum Gasteiger partial charge on any atom is -0.298 e. The van der Waals surface area contributed by atoms with E-state index in [1.54, 1.807) is 0 Å². The maximum Gasteiger partial charge on any atom is 0.146 e. The fourth-order valence-corrected chi connectivity index (χ4v) is 2.46. The molecule has 0 bridgehead atoms. The number of rotatable bonds is 3. The van der Waals surface area contributed by atoms with Gasteiger partial charge in [-0.1, -0.05) is 29.3 Å². The smallest absolute Gasteiger partial charge is 0.146 e. The SMILES string of the molecule is CCC1CCC(C(=O)CBr)CC1. The van der Waals surface area contributed by atoms with Crippen LogP contribution in [0.5, 0.6) is 0 Å². The Morgan fingerprint density at radius 1 is 1.33 bits per heavy atom. The Bertz CT molecular complexity index is 148. The quantitative estimate of drug-likeness (QED) is 0.684. The van der Waals surface area contributed by atoms with Gasteiger partial charge in [-0.25, -0.2) is 0 Å². The highest BCUT2D eigenvalue weighted by molar-refractivity contribution is 9.09. The van der Waals surface area contributed by atoms with Gasteiger partial charge in [0.2, 0.25) is 0 Å². The number of hydrogen-bond donors (Lipinski definition) is 0. The summed E-state index contributed by atoms with van der Waals surface area (Å²) in [4.78, 5) is 11.3. The number of ketones is 1. The minimum atomic E-state index is 0.368. The van der Waals surface area contributed by atoms with E-state index in [2.05, 4.69) is 22.9 Å². The van der Waals surface area contributed by atoms with Crippen LogP contribution in [-0.2, 0) is 4.79 Å². The molecule has 2 heteroatoms. The molecule has 0 aromatic heterocycles. The second-order valence-corrected chi connectivity index (χ2v) is 4.29. The Kier molecular flexibility index (Phi) is 4.27. The molecule has 0 N–H and O–H groups in total. The van der Waals surface area contributed by atoms with Gasteiger partial charge in [-0.2, -0.15) is 0 Å². The fraction of sp³-hybridized carbons (Fsp3) is 0.900. The number of carbonyl (C=O) groups is 1. The number of Topliss-reactive ketones (excluding diaryl/α,β-unsaturated/α-hetero) is 1. The van der Waals surface area contributed by atoms with Gasteiger partial charge < -0.3 is 0 Å². The van der Waals surface area contributed by atoms with Crippen LogP contribution in [0.4, 0.5) is 0 Å². The molecule has 1 aliphatic carbocycles. The minimum absolute atomic E-state index is 0.368. The molecule has 0 aromatic rings. The molecule has 1 nitrogen and oxygen atoms in total. The molecule has 0 heterocycles. The number of alkyl halides is 1. The molecular formula is C10H17BrO. The highest BCUT2D eigenvalue weighted by Crippen LogP contribution is 2.31. The van der Waals surface area contributed by atoms with Crippen molar-refractivity contribution in [2.75, 3.05) is 5.33 Å². The largest absolute Gasteiger partial charge is 0.298 e. The van der Waals surface area contributed by atoms with E-state index in [-0.39, 0.29) is 0 Å². The van der Waals surface area contributed by atoms with E-state index >= 15 is 0 Å². The zero-order valence-corrected chi connectivity index (χ0v) is 9.27. The average Bonchev–Trinajstić information content (AvgIpc) is 2.17. The highest BCUT2D eigenvalue weighted by Gasteiger charge is 2.24. The summed E-state index contributed by atoms with van der Waals surface area (Å²) < 4.78 is 0. The van der Waals surface area contributed by atoms with Crippen molar-refractivity contribution in [1.82, 2.24) is 0 Å². The van der Waals surface area contributed by atoms with Gasteiger partial charge in [0.15, 0.2) is 0 Å². The van der Waals surface area contributed by atoms with Gasteiger partial charge in [0, 0.05) is 5.92 Å². The van der Waals surface area contributed by atoms with Gasteiger partial charge in [-0.15, -0.1) is 0 Å². The van der Waals surface area contributed by atoms with Crippen LogP contribution in [0.2, 0.25) is 0 Å². The Labute approximate surface area is 83.0 Å². The molecule has 0 atom stereocenters. The van der Waals surface area contributed by atoms with E-state index < -0.39 is 0 Å². The summed E-state index contributed by atoms with van der Waals surface area (Å²) in [5.41, 5.74) is 0.